The molecule has 0 aliphatic carbocycles. The monoisotopic (exact) mass is 153 g/mol. The van der Waals surface area contributed by atoms with E-state index in [2.05, 4.69) is 11.2 Å². The zero-order chi connectivity index (χ0) is 8.85. The minimum Gasteiger partial charge on any atom is -0.359 e. The van der Waals surface area contributed by atoms with Crippen LogP contribution in [0.1, 0.15) is 20.3 Å². The van der Waals surface area contributed by atoms with Gasteiger partial charge in [-0.2, -0.15) is 0 Å². The Bertz CT molecular complexity index is 169. The number of amides is 1. The van der Waals surface area contributed by atoms with Crippen molar-refractivity contribution in [2.75, 3.05) is 7.05 Å². The Morgan fingerprint density at radius 3 is 2.55 bits per heavy atom. The van der Waals surface area contributed by atoms with Crippen molar-refractivity contribution in [1.29, 1.82) is 0 Å². The quantitative estimate of drug-likeness (QED) is 0.603. The molecule has 0 spiro atoms. The maximum Gasteiger partial charge on any atom is 0.223 e. The van der Waals surface area contributed by atoms with Crippen LogP contribution in [0.15, 0.2) is 0 Å². The molecule has 1 N–H and O–H groups in total. The molecule has 0 aliphatic heterocycles. The Hall–Kier alpha value is -0.970. The second-order valence-electron chi connectivity index (χ2n) is 2.58. The van der Waals surface area contributed by atoms with Crippen molar-refractivity contribution in [1.82, 2.24) is 5.32 Å². The third-order valence-electron chi connectivity index (χ3n) is 1.92. The van der Waals surface area contributed by atoms with Gasteiger partial charge in [-0.3, -0.25) is 4.79 Å². The molecule has 0 fully saturated rings. The summed E-state index contributed by atoms with van der Waals surface area (Å²) in [7, 11) is 1.63. The summed E-state index contributed by atoms with van der Waals surface area (Å²) in [4.78, 5) is 11.1. The van der Waals surface area contributed by atoms with Crippen molar-refractivity contribution in [2.45, 2.75) is 20.3 Å². The van der Waals surface area contributed by atoms with E-state index in [1.165, 1.54) is 0 Å². The smallest absolute Gasteiger partial charge is 0.223 e. The molecule has 0 saturated carbocycles. The molecule has 2 nitrogen and oxygen atoms in total. The lowest BCUT2D eigenvalue weighted by molar-refractivity contribution is -0.124. The van der Waals surface area contributed by atoms with Crippen molar-refractivity contribution in [3.63, 3.8) is 0 Å². The molecule has 2 atom stereocenters. The molecule has 0 radical (unpaired) electrons. The van der Waals surface area contributed by atoms with Gasteiger partial charge >= 0.3 is 0 Å². The van der Waals surface area contributed by atoms with Gasteiger partial charge in [0, 0.05) is 18.9 Å². The summed E-state index contributed by atoms with van der Waals surface area (Å²) in [5.74, 6) is 2.62. The number of nitrogens with one attached hydrogen (secondary N) is 1. The average Bonchev–Trinajstić information content (AvgIpc) is 2.05. The average molecular weight is 153 g/mol. The highest BCUT2D eigenvalue weighted by Crippen LogP contribution is 2.13. The Morgan fingerprint density at radius 2 is 2.27 bits per heavy atom. The van der Waals surface area contributed by atoms with Gasteiger partial charge in [0.25, 0.3) is 0 Å². The molecule has 0 saturated heterocycles. The highest BCUT2D eigenvalue weighted by Gasteiger charge is 2.18. The molecule has 62 valence electrons. The standard InChI is InChI=1S/C9H15NO/c1-5-8(6-2)7(3)9(11)10-4/h1,7-8H,6H2,2-4H3,(H,10,11)/t7-,8-/m0/s1. The van der Waals surface area contributed by atoms with E-state index < -0.39 is 0 Å². The van der Waals surface area contributed by atoms with Crippen molar-refractivity contribution in [3.05, 3.63) is 0 Å². The van der Waals surface area contributed by atoms with Crippen LogP contribution in [0.5, 0.6) is 0 Å². The third kappa shape index (κ3) is 2.63. The van der Waals surface area contributed by atoms with Crippen LogP contribution < -0.4 is 5.32 Å². The van der Waals surface area contributed by atoms with Crippen LogP contribution in [0.2, 0.25) is 0 Å². The van der Waals surface area contributed by atoms with Crippen molar-refractivity contribution in [3.8, 4) is 12.3 Å². The third-order valence-corrected chi connectivity index (χ3v) is 1.92. The van der Waals surface area contributed by atoms with E-state index in [4.69, 9.17) is 6.42 Å². The molecular weight excluding hydrogens is 138 g/mol. The Balaban J connectivity index is 4.11. The number of hydrogen-bond donors (Lipinski definition) is 1. The van der Waals surface area contributed by atoms with E-state index in [1.54, 1.807) is 7.05 Å². The highest BCUT2D eigenvalue weighted by atomic mass is 16.1. The summed E-state index contributed by atoms with van der Waals surface area (Å²) in [5, 5.41) is 2.58. The van der Waals surface area contributed by atoms with Gasteiger partial charge in [0.15, 0.2) is 0 Å². The van der Waals surface area contributed by atoms with Crippen molar-refractivity contribution < 1.29 is 4.79 Å². The van der Waals surface area contributed by atoms with Crippen LogP contribution in [-0.4, -0.2) is 13.0 Å². The van der Waals surface area contributed by atoms with Crippen molar-refractivity contribution >= 4 is 5.91 Å². The summed E-state index contributed by atoms with van der Waals surface area (Å²) in [6.07, 6.45) is 6.10. The molecule has 0 aromatic carbocycles. The van der Waals surface area contributed by atoms with Gasteiger partial charge in [0.2, 0.25) is 5.91 Å². The lowest BCUT2D eigenvalue weighted by Crippen LogP contribution is -2.29. The molecule has 0 aromatic heterocycles. The first-order valence-corrected chi connectivity index (χ1v) is 3.85. The molecule has 0 rings (SSSR count). The van der Waals surface area contributed by atoms with E-state index >= 15 is 0 Å². The second kappa shape index (κ2) is 4.79. The number of carbonyl (C=O) groups excluding carboxylic acids is 1. The topological polar surface area (TPSA) is 29.1 Å². The van der Waals surface area contributed by atoms with Gasteiger partial charge in [-0.25, -0.2) is 0 Å². The molecule has 11 heavy (non-hydrogen) atoms. The number of hydrogen-bond acceptors (Lipinski definition) is 1. The first kappa shape index (κ1) is 10.0. The van der Waals surface area contributed by atoms with Gasteiger partial charge < -0.3 is 5.32 Å². The van der Waals surface area contributed by atoms with Gasteiger partial charge in [0.05, 0.1) is 0 Å². The minimum absolute atomic E-state index is 0.0230. The molecule has 0 heterocycles. The van der Waals surface area contributed by atoms with E-state index in [1.807, 2.05) is 13.8 Å². The van der Waals surface area contributed by atoms with E-state index in [0.717, 1.165) is 6.42 Å². The van der Waals surface area contributed by atoms with E-state index in [0.29, 0.717) is 0 Å². The number of terminal acetylenes is 1. The lowest BCUT2D eigenvalue weighted by Gasteiger charge is -2.14. The first-order valence-electron chi connectivity index (χ1n) is 3.85. The zero-order valence-corrected chi connectivity index (χ0v) is 7.35. The largest absolute Gasteiger partial charge is 0.359 e. The molecule has 2 heteroatoms. The Labute approximate surface area is 68.4 Å². The normalized spacial score (nSPS) is 14.7. The number of rotatable bonds is 3. The summed E-state index contributed by atoms with van der Waals surface area (Å²) < 4.78 is 0. The predicted molar refractivity (Wildman–Crippen MR) is 45.8 cm³/mol. The second-order valence-corrected chi connectivity index (χ2v) is 2.58. The first-order chi connectivity index (χ1) is 5.17. The van der Waals surface area contributed by atoms with Gasteiger partial charge in [-0.05, 0) is 6.42 Å². The zero-order valence-electron chi connectivity index (χ0n) is 7.35. The molecule has 0 aromatic rings. The fraction of sp³-hybridized carbons (Fsp3) is 0.667. The lowest BCUT2D eigenvalue weighted by atomic mass is 9.92. The predicted octanol–water partition coefficient (Wildman–Crippen LogP) is 1.03. The Morgan fingerprint density at radius 1 is 1.73 bits per heavy atom. The van der Waals surface area contributed by atoms with Crippen LogP contribution in [-0.2, 0) is 4.79 Å². The molecular formula is C9H15NO. The molecule has 0 bridgehead atoms. The highest BCUT2D eigenvalue weighted by molar-refractivity contribution is 5.78. The van der Waals surface area contributed by atoms with Crippen molar-refractivity contribution in [2.24, 2.45) is 11.8 Å². The van der Waals surface area contributed by atoms with Gasteiger partial charge in [-0.1, -0.05) is 13.8 Å². The SMILES string of the molecule is C#C[C@@H](CC)[C@H](C)C(=O)NC. The summed E-state index contributed by atoms with van der Waals surface area (Å²) in [6, 6.07) is 0. The maximum atomic E-state index is 11.1. The number of carbonyl (C=O) groups is 1. The van der Waals surface area contributed by atoms with Gasteiger partial charge in [0.1, 0.15) is 0 Å². The summed E-state index contributed by atoms with van der Waals surface area (Å²) in [6.45, 7) is 3.84. The van der Waals surface area contributed by atoms with Crippen LogP contribution in [0.3, 0.4) is 0 Å². The summed E-state index contributed by atoms with van der Waals surface area (Å²) >= 11 is 0. The summed E-state index contributed by atoms with van der Waals surface area (Å²) in [5.41, 5.74) is 0. The fourth-order valence-corrected chi connectivity index (χ4v) is 1.03. The van der Waals surface area contributed by atoms with Crippen LogP contribution in [0.25, 0.3) is 0 Å². The van der Waals surface area contributed by atoms with Crippen LogP contribution >= 0.6 is 0 Å². The molecule has 1 amide bonds. The van der Waals surface area contributed by atoms with Gasteiger partial charge in [-0.15, -0.1) is 12.3 Å². The fourth-order valence-electron chi connectivity index (χ4n) is 1.03. The minimum atomic E-state index is -0.0741. The molecule has 0 aliphatic rings. The molecule has 0 unspecified atom stereocenters. The van der Waals surface area contributed by atoms with Crippen LogP contribution in [0, 0.1) is 24.2 Å². The Kier molecular flexibility index (Phi) is 4.36. The van der Waals surface area contributed by atoms with Crippen LogP contribution in [0.4, 0.5) is 0 Å². The van der Waals surface area contributed by atoms with E-state index in [9.17, 15) is 4.79 Å². The maximum absolute atomic E-state index is 11.1. The van der Waals surface area contributed by atoms with E-state index in [-0.39, 0.29) is 17.7 Å².